The molecular weight excluding hydrogens is 435 g/mol. The summed E-state index contributed by atoms with van der Waals surface area (Å²) < 4.78 is 33.7. The van der Waals surface area contributed by atoms with Crippen molar-refractivity contribution in [3.8, 4) is 11.5 Å². The van der Waals surface area contributed by atoms with Gasteiger partial charge in [0.1, 0.15) is 11.5 Å². The number of rotatable bonds is 5. The van der Waals surface area contributed by atoms with Crippen molar-refractivity contribution in [3.05, 3.63) is 45.9 Å². The van der Waals surface area contributed by atoms with Crippen molar-refractivity contribution in [2.45, 2.75) is 32.1 Å². The van der Waals surface area contributed by atoms with E-state index in [1.807, 2.05) is 0 Å². The predicted molar refractivity (Wildman–Crippen MR) is 113 cm³/mol. The average Bonchev–Trinajstić information content (AvgIpc) is 2.64. The van der Waals surface area contributed by atoms with Crippen LogP contribution in [0.2, 0.25) is 10.0 Å². The molecule has 2 atom stereocenters. The second-order valence-electron chi connectivity index (χ2n) is 7.74. The monoisotopic (exact) mass is 459 g/mol. The Balaban J connectivity index is 1.91. The predicted octanol–water partition coefficient (Wildman–Crippen LogP) is 4.34. The number of hydrogen-bond acceptors (Lipinski definition) is 4. The van der Waals surface area contributed by atoms with E-state index in [0.29, 0.717) is 52.7 Å². The first-order valence-electron chi connectivity index (χ1n) is 9.37. The minimum atomic E-state index is -3.64. The van der Waals surface area contributed by atoms with Crippen LogP contribution in [0.15, 0.2) is 35.2 Å². The maximum absolute atomic E-state index is 13.2. The standard InChI is InChI=1S/C20H24Cl2N2O4S/c1-12-6-13(2)11-24(10-12)29(26,27)16-7-14(3)20(18(22)9-16)28-19-5-4-15(23-25)8-17(19)21/h4-5,7-9,12-13,23,25H,6,10-11H2,1-3H3/p+1. The molecule has 0 spiro atoms. The summed E-state index contributed by atoms with van der Waals surface area (Å²) in [5, 5.41) is 9.56. The highest BCUT2D eigenvalue weighted by Crippen LogP contribution is 2.39. The average molecular weight is 460 g/mol. The van der Waals surface area contributed by atoms with E-state index in [-0.39, 0.29) is 9.92 Å². The topological polar surface area (TPSA) is 83.5 Å². The van der Waals surface area contributed by atoms with Crippen molar-refractivity contribution < 1.29 is 23.8 Å². The van der Waals surface area contributed by atoms with E-state index >= 15 is 0 Å². The fourth-order valence-corrected chi connectivity index (χ4v) is 6.11. The summed E-state index contributed by atoms with van der Waals surface area (Å²) in [7, 11) is -3.64. The summed E-state index contributed by atoms with van der Waals surface area (Å²) in [4.78, 5) is 0.157. The molecule has 1 heterocycles. The number of benzene rings is 2. The number of ether oxygens (including phenoxy) is 1. The van der Waals surface area contributed by atoms with Gasteiger partial charge in [0, 0.05) is 25.2 Å². The van der Waals surface area contributed by atoms with Crippen molar-refractivity contribution in [2.24, 2.45) is 11.8 Å². The smallest absolute Gasteiger partial charge is 0.243 e. The van der Waals surface area contributed by atoms with Crippen LogP contribution < -0.4 is 10.2 Å². The lowest BCUT2D eigenvalue weighted by Gasteiger charge is -2.34. The van der Waals surface area contributed by atoms with Crippen LogP contribution in [0.25, 0.3) is 0 Å². The van der Waals surface area contributed by atoms with Crippen LogP contribution in [0.4, 0.5) is 5.69 Å². The molecule has 0 radical (unpaired) electrons. The summed E-state index contributed by atoms with van der Waals surface area (Å²) in [6, 6.07) is 7.80. The molecule has 1 aliphatic rings. The van der Waals surface area contributed by atoms with Gasteiger partial charge in [-0.15, -0.1) is 0 Å². The van der Waals surface area contributed by atoms with Crippen molar-refractivity contribution in [1.82, 2.24) is 4.31 Å². The minimum Gasteiger partial charge on any atom is -0.454 e. The third kappa shape index (κ3) is 4.87. The quantitative estimate of drug-likeness (QED) is 0.514. The number of aryl methyl sites for hydroxylation is 1. The molecule has 0 aromatic heterocycles. The lowest BCUT2D eigenvalue weighted by Crippen LogP contribution is -2.73. The van der Waals surface area contributed by atoms with E-state index in [9.17, 15) is 8.42 Å². The maximum Gasteiger partial charge on any atom is 0.243 e. The van der Waals surface area contributed by atoms with Crippen LogP contribution in [0.5, 0.6) is 11.5 Å². The highest BCUT2D eigenvalue weighted by atomic mass is 35.5. The van der Waals surface area contributed by atoms with Gasteiger partial charge in [0.05, 0.1) is 14.9 Å². The second kappa shape index (κ2) is 8.79. The van der Waals surface area contributed by atoms with Crippen molar-refractivity contribution in [2.75, 3.05) is 13.1 Å². The Hall–Kier alpha value is -1.35. The molecule has 2 aromatic carbocycles. The van der Waals surface area contributed by atoms with E-state index in [0.717, 1.165) is 11.9 Å². The summed E-state index contributed by atoms with van der Waals surface area (Å²) >= 11 is 12.6. The van der Waals surface area contributed by atoms with Gasteiger partial charge in [0.2, 0.25) is 10.0 Å². The zero-order valence-electron chi connectivity index (χ0n) is 16.5. The molecule has 9 heteroatoms. The summed E-state index contributed by atoms with van der Waals surface area (Å²) in [5.74, 6) is 1.33. The van der Waals surface area contributed by atoms with Crippen molar-refractivity contribution >= 4 is 38.9 Å². The van der Waals surface area contributed by atoms with Gasteiger partial charge in [0.15, 0.2) is 5.69 Å². The van der Waals surface area contributed by atoms with E-state index in [1.54, 1.807) is 35.5 Å². The largest absolute Gasteiger partial charge is 0.454 e. The van der Waals surface area contributed by atoms with E-state index in [4.69, 9.17) is 33.1 Å². The van der Waals surface area contributed by atoms with Gasteiger partial charge in [-0.3, -0.25) is 0 Å². The minimum absolute atomic E-state index is 0.157. The number of sulfonamides is 1. The number of halogens is 2. The lowest BCUT2D eigenvalue weighted by molar-refractivity contribution is -0.825. The van der Waals surface area contributed by atoms with Crippen LogP contribution >= 0.6 is 23.2 Å². The molecule has 0 aliphatic carbocycles. The second-order valence-corrected chi connectivity index (χ2v) is 10.5. The zero-order valence-corrected chi connectivity index (χ0v) is 18.9. The van der Waals surface area contributed by atoms with Gasteiger partial charge < -0.3 is 4.74 Å². The Bertz CT molecular complexity index is 981. The van der Waals surface area contributed by atoms with E-state index in [2.05, 4.69) is 13.8 Å². The molecule has 1 fully saturated rings. The molecule has 0 amide bonds. The molecule has 1 aliphatic heterocycles. The van der Waals surface area contributed by atoms with Crippen LogP contribution in [0, 0.1) is 18.8 Å². The molecule has 0 bridgehead atoms. The normalized spacial score (nSPS) is 20.6. The maximum atomic E-state index is 13.2. The Labute approximate surface area is 181 Å². The first-order chi connectivity index (χ1) is 13.6. The van der Waals surface area contributed by atoms with Gasteiger partial charge in [-0.2, -0.15) is 9.79 Å². The Morgan fingerprint density at radius 2 is 1.76 bits per heavy atom. The van der Waals surface area contributed by atoms with Crippen LogP contribution in [0.1, 0.15) is 25.8 Å². The molecule has 2 unspecified atom stereocenters. The molecule has 158 valence electrons. The van der Waals surface area contributed by atoms with Crippen LogP contribution in [-0.4, -0.2) is 31.0 Å². The number of piperidine rings is 1. The van der Waals surface area contributed by atoms with Gasteiger partial charge >= 0.3 is 0 Å². The van der Waals surface area contributed by atoms with Gasteiger partial charge in [-0.05, 0) is 48.9 Å². The van der Waals surface area contributed by atoms with Crippen molar-refractivity contribution in [1.29, 1.82) is 0 Å². The molecule has 3 rings (SSSR count). The first-order valence-corrected chi connectivity index (χ1v) is 11.6. The Kier molecular flexibility index (Phi) is 6.77. The summed E-state index contributed by atoms with van der Waals surface area (Å²) in [6.45, 7) is 6.89. The molecule has 0 saturated carbocycles. The molecule has 3 N–H and O–H groups in total. The lowest BCUT2D eigenvalue weighted by atomic mass is 9.94. The molecule has 29 heavy (non-hydrogen) atoms. The van der Waals surface area contributed by atoms with Gasteiger partial charge in [0.25, 0.3) is 0 Å². The first kappa shape index (κ1) is 22.3. The third-order valence-corrected chi connectivity index (χ3v) is 7.38. The van der Waals surface area contributed by atoms with E-state index < -0.39 is 10.0 Å². The number of nitrogens with zero attached hydrogens (tertiary/aromatic N) is 1. The molecule has 6 nitrogen and oxygen atoms in total. The van der Waals surface area contributed by atoms with Gasteiger partial charge in [-0.25, -0.2) is 13.6 Å². The zero-order chi connectivity index (χ0) is 21.3. The molecule has 2 aromatic rings. The highest BCUT2D eigenvalue weighted by molar-refractivity contribution is 7.89. The van der Waals surface area contributed by atoms with Gasteiger partial charge in [-0.1, -0.05) is 37.0 Å². The van der Waals surface area contributed by atoms with Crippen LogP contribution in [0.3, 0.4) is 0 Å². The number of nitrogens with two attached hydrogens (primary N) is 1. The Morgan fingerprint density at radius 1 is 1.10 bits per heavy atom. The SMILES string of the molecule is Cc1cc(S(=O)(=O)N2CC(C)CC(C)C2)cc(Cl)c1Oc1ccc([NH2+]O)cc1Cl. The summed E-state index contributed by atoms with van der Waals surface area (Å²) in [6.07, 6.45) is 1.02. The summed E-state index contributed by atoms with van der Waals surface area (Å²) in [5.41, 5.74) is 2.06. The number of quaternary nitrogens is 1. The molecule has 1 saturated heterocycles. The fourth-order valence-electron chi connectivity index (χ4n) is 3.72. The van der Waals surface area contributed by atoms with Crippen LogP contribution in [-0.2, 0) is 10.0 Å². The van der Waals surface area contributed by atoms with E-state index in [1.165, 1.54) is 6.07 Å². The third-order valence-electron chi connectivity index (χ3n) is 4.99. The Morgan fingerprint density at radius 3 is 2.31 bits per heavy atom. The van der Waals surface area contributed by atoms with Crippen molar-refractivity contribution in [3.63, 3.8) is 0 Å². The number of hydrogen-bond donors (Lipinski definition) is 2. The molecular formula is C20H25Cl2N2O4S+. The highest BCUT2D eigenvalue weighted by Gasteiger charge is 2.32. The fraction of sp³-hybridized carbons (Fsp3) is 0.400.